The molecular weight excluding hydrogens is 290 g/mol. The second-order valence-corrected chi connectivity index (χ2v) is 14.3. The summed E-state index contributed by atoms with van der Waals surface area (Å²) in [7, 11) is -2.02. The van der Waals surface area contributed by atoms with E-state index in [1.54, 1.807) is 0 Å². The average Bonchev–Trinajstić information content (AvgIpc) is 2.23. The van der Waals surface area contributed by atoms with Crippen LogP contribution in [0.25, 0.3) is 0 Å². The molecule has 0 aromatic heterocycles. The molecule has 0 fully saturated rings. The molecule has 0 spiro atoms. The summed E-state index contributed by atoms with van der Waals surface area (Å²) >= 11 is 0. The van der Waals surface area contributed by atoms with Gasteiger partial charge in [-0.25, -0.2) is 0 Å². The molecule has 1 rings (SSSR count). The van der Waals surface area contributed by atoms with Crippen molar-refractivity contribution < 1.29 is 9.53 Å². The minimum absolute atomic E-state index is 0.0287. The Labute approximate surface area is 137 Å². The smallest absolute Gasteiger partial charge is 0.250 e. The molecule has 0 radical (unpaired) electrons. The summed E-state index contributed by atoms with van der Waals surface area (Å²) in [5, 5.41) is 20.5. The van der Waals surface area contributed by atoms with Gasteiger partial charge in [0.1, 0.15) is 0 Å². The van der Waals surface area contributed by atoms with Crippen LogP contribution in [0.5, 0.6) is 0 Å². The van der Waals surface area contributed by atoms with E-state index in [9.17, 15) is 10.4 Å². The number of aliphatic hydroxyl groups is 1. The summed E-state index contributed by atoms with van der Waals surface area (Å²) in [6.45, 7) is 19.2. The highest BCUT2D eigenvalue weighted by atomic mass is 28.4. The molecule has 0 unspecified atom stereocenters. The Balaban J connectivity index is 3.34. The monoisotopic (exact) mass is 323 g/mol. The molecule has 1 aliphatic rings. The number of hydrogen-bond acceptors (Lipinski definition) is 3. The van der Waals surface area contributed by atoms with Crippen LogP contribution in [0.2, 0.25) is 18.1 Å². The normalized spacial score (nSPS) is 27.6. The summed E-state index contributed by atoms with van der Waals surface area (Å²) in [4.78, 5) is 0. The van der Waals surface area contributed by atoms with Gasteiger partial charge in [0, 0.05) is 12.3 Å². The number of rotatable bonds is 2. The summed E-state index contributed by atoms with van der Waals surface area (Å²) in [5.41, 5.74) is -0.142. The molecule has 3 nitrogen and oxygen atoms in total. The van der Waals surface area contributed by atoms with Crippen LogP contribution in [0.3, 0.4) is 0 Å². The fourth-order valence-corrected chi connectivity index (χ4v) is 3.79. The minimum atomic E-state index is -2.02. The molecule has 1 aliphatic carbocycles. The van der Waals surface area contributed by atoms with Gasteiger partial charge >= 0.3 is 0 Å². The predicted octanol–water partition coefficient (Wildman–Crippen LogP) is 4.99. The van der Waals surface area contributed by atoms with E-state index in [4.69, 9.17) is 4.43 Å². The molecule has 1 N–H and O–H groups in total. The molecule has 0 aromatic rings. The molecule has 0 heterocycles. The highest BCUT2D eigenvalue weighted by Gasteiger charge is 2.45. The van der Waals surface area contributed by atoms with Crippen molar-refractivity contribution in [1.29, 1.82) is 5.26 Å². The Morgan fingerprint density at radius 1 is 1.23 bits per heavy atom. The quantitative estimate of drug-likeness (QED) is 0.728. The van der Waals surface area contributed by atoms with E-state index in [1.165, 1.54) is 0 Å². The first-order valence-electron chi connectivity index (χ1n) is 8.15. The van der Waals surface area contributed by atoms with Gasteiger partial charge in [-0.15, -0.1) is 0 Å². The maximum absolute atomic E-state index is 10.7. The van der Waals surface area contributed by atoms with Gasteiger partial charge in [0.25, 0.3) is 0 Å². The van der Waals surface area contributed by atoms with Gasteiger partial charge in [0.2, 0.25) is 8.32 Å². The van der Waals surface area contributed by atoms with Crippen molar-refractivity contribution in [2.75, 3.05) is 0 Å². The van der Waals surface area contributed by atoms with Gasteiger partial charge in [0.05, 0.1) is 23.0 Å². The predicted molar refractivity (Wildman–Crippen MR) is 93.7 cm³/mol. The Hall–Kier alpha value is -0.793. The Morgan fingerprint density at radius 2 is 1.73 bits per heavy atom. The first kappa shape index (κ1) is 19.3. The van der Waals surface area contributed by atoms with Gasteiger partial charge < -0.3 is 9.53 Å². The molecule has 2 atom stereocenters. The van der Waals surface area contributed by atoms with Crippen LogP contribution < -0.4 is 0 Å². The van der Waals surface area contributed by atoms with E-state index >= 15 is 0 Å². The summed E-state index contributed by atoms with van der Waals surface area (Å²) in [6, 6.07) is 2.39. The topological polar surface area (TPSA) is 53.2 Å². The Kier molecular flexibility index (Phi) is 4.98. The van der Waals surface area contributed by atoms with E-state index < -0.39 is 13.9 Å². The van der Waals surface area contributed by atoms with Crippen molar-refractivity contribution in [2.45, 2.75) is 85.0 Å². The van der Waals surface area contributed by atoms with E-state index in [0.29, 0.717) is 12.8 Å². The lowest BCUT2D eigenvalue weighted by atomic mass is 9.67. The maximum atomic E-state index is 10.7. The Morgan fingerprint density at radius 3 is 2.09 bits per heavy atom. The average molecular weight is 324 g/mol. The molecular formula is C18H33NO2Si. The van der Waals surface area contributed by atoms with Gasteiger partial charge in [0.15, 0.2) is 0 Å². The standard InChI is InChI=1S/C18H33NO2Si/c1-16(2,3)14-10-18(7,20)11-15(13(14)12-19)21-22(8,9)17(4,5)6/h14,20H,10-11H2,1-9H3/t14-,18+/m1/s1. The van der Waals surface area contributed by atoms with Crippen LogP contribution in [-0.2, 0) is 4.43 Å². The van der Waals surface area contributed by atoms with E-state index in [0.717, 1.165) is 11.3 Å². The van der Waals surface area contributed by atoms with Gasteiger partial charge in [-0.2, -0.15) is 5.26 Å². The largest absolute Gasteiger partial charge is 0.546 e. The number of allylic oxidation sites excluding steroid dienone is 1. The van der Waals surface area contributed by atoms with Crippen molar-refractivity contribution in [3.05, 3.63) is 11.3 Å². The molecule has 0 amide bonds. The second kappa shape index (κ2) is 5.69. The van der Waals surface area contributed by atoms with Gasteiger partial charge in [-0.1, -0.05) is 41.5 Å². The van der Waals surface area contributed by atoms with Crippen LogP contribution in [0.1, 0.15) is 61.3 Å². The number of nitrogens with zero attached hydrogens (tertiary/aromatic N) is 1. The first-order chi connectivity index (χ1) is 9.61. The minimum Gasteiger partial charge on any atom is -0.546 e. The zero-order chi connectivity index (χ0) is 17.6. The van der Waals surface area contributed by atoms with Crippen molar-refractivity contribution in [3.63, 3.8) is 0 Å². The van der Waals surface area contributed by atoms with E-state index in [1.807, 2.05) is 6.92 Å². The molecule has 0 aromatic carbocycles. The summed E-state index contributed by atoms with van der Waals surface area (Å²) in [6.07, 6.45) is 1.05. The van der Waals surface area contributed by atoms with E-state index in [-0.39, 0.29) is 16.4 Å². The molecule has 4 heteroatoms. The van der Waals surface area contributed by atoms with Crippen molar-refractivity contribution in [1.82, 2.24) is 0 Å². The Bertz CT molecular complexity index is 499. The zero-order valence-corrected chi connectivity index (χ0v) is 16.8. The highest BCUT2D eigenvalue weighted by molar-refractivity contribution is 6.74. The third kappa shape index (κ3) is 4.14. The van der Waals surface area contributed by atoms with Gasteiger partial charge in [-0.3, -0.25) is 0 Å². The van der Waals surface area contributed by atoms with Crippen molar-refractivity contribution >= 4 is 8.32 Å². The third-order valence-corrected chi connectivity index (χ3v) is 9.55. The zero-order valence-electron chi connectivity index (χ0n) is 15.8. The van der Waals surface area contributed by atoms with Crippen molar-refractivity contribution in [2.24, 2.45) is 11.3 Å². The lowest BCUT2D eigenvalue weighted by Gasteiger charge is -2.44. The second-order valence-electron chi connectivity index (χ2n) is 9.61. The fraction of sp³-hybridized carbons (Fsp3) is 0.833. The molecule has 126 valence electrons. The van der Waals surface area contributed by atoms with Crippen LogP contribution >= 0.6 is 0 Å². The molecule has 22 heavy (non-hydrogen) atoms. The van der Waals surface area contributed by atoms with E-state index in [2.05, 4.69) is 60.7 Å². The van der Waals surface area contributed by atoms with Gasteiger partial charge in [-0.05, 0) is 36.9 Å². The molecule has 0 saturated heterocycles. The van der Waals surface area contributed by atoms with Crippen molar-refractivity contribution in [3.8, 4) is 6.07 Å². The first-order valence-corrected chi connectivity index (χ1v) is 11.1. The van der Waals surface area contributed by atoms with Crippen LogP contribution in [0, 0.1) is 22.7 Å². The number of nitriles is 1. The highest BCUT2D eigenvalue weighted by Crippen LogP contribution is 2.47. The lowest BCUT2D eigenvalue weighted by molar-refractivity contribution is 0.00219. The SMILES string of the molecule is CC(C)(C)[C@@H]1C[C@](C)(O)CC(O[Si](C)(C)C(C)(C)C)=C1C#N. The van der Waals surface area contributed by atoms with Crippen LogP contribution in [0.15, 0.2) is 11.3 Å². The lowest BCUT2D eigenvalue weighted by Crippen LogP contribution is -2.45. The summed E-state index contributed by atoms with van der Waals surface area (Å²) < 4.78 is 6.44. The fourth-order valence-electron chi connectivity index (χ4n) is 2.68. The molecule has 0 aliphatic heterocycles. The van der Waals surface area contributed by atoms with Crippen LogP contribution in [0.4, 0.5) is 0 Å². The third-order valence-electron chi connectivity index (χ3n) is 5.18. The summed E-state index contributed by atoms with van der Waals surface area (Å²) in [5.74, 6) is 0.756. The molecule has 0 bridgehead atoms. The van der Waals surface area contributed by atoms with Crippen LogP contribution in [-0.4, -0.2) is 19.0 Å². The maximum Gasteiger partial charge on any atom is 0.250 e. The molecule has 0 saturated carbocycles. The number of hydrogen-bond donors (Lipinski definition) is 1.